The molecule has 4 heteroatoms. The van der Waals surface area contributed by atoms with E-state index in [9.17, 15) is 5.11 Å². The second kappa shape index (κ2) is 6.49. The van der Waals surface area contributed by atoms with Gasteiger partial charge in [0.1, 0.15) is 0 Å². The van der Waals surface area contributed by atoms with Crippen molar-refractivity contribution in [3.8, 4) is 0 Å². The first-order chi connectivity index (χ1) is 5.24. The van der Waals surface area contributed by atoms with Crippen LogP contribution in [0.25, 0.3) is 0 Å². The van der Waals surface area contributed by atoms with Crippen molar-refractivity contribution < 1.29 is 5.11 Å². The number of rotatable bonds is 3. The largest absolute Gasteiger partial charge is 0.392 e. The van der Waals surface area contributed by atoms with Gasteiger partial charge in [-0.25, -0.2) is 0 Å². The maximum atomic E-state index is 9.19. The Morgan fingerprint density at radius 3 is 2.73 bits per heavy atom. The van der Waals surface area contributed by atoms with Gasteiger partial charge >= 0.3 is 0 Å². The van der Waals surface area contributed by atoms with Crippen molar-refractivity contribution in [2.24, 2.45) is 4.99 Å². The predicted molar refractivity (Wildman–Crippen MR) is 51.2 cm³/mol. The molecular formula is C7H16N2OS. The lowest BCUT2D eigenvalue weighted by Gasteiger charge is -2.07. The molecule has 1 unspecified atom stereocenters. The van der Waals surface area contributed by atoms with Crippen molar-refractivity contribution in [2.75, 3.05) is 19.8 Å². The number of nitrogens with one attached hydrogen (secondary N) is 1. The summed E-state index contributed by atoms with van der Waals surface area (Å²) in [6.45, 7) is 1.97. The molecule has 11 heavy (non-hydrogen) atoms. The molecule has 0 aromatic rings. The molecule has 0 saturated carbocycles. The zero-order valence-electron chi connectivity index (χ0n) is 7.29. The summed E-state index contributed by atoms with van der Waals surface area (Å²) >= 11 is 1.54. The molecule has 0 aromatic carbocycles. The molecule has 0 aromatic heterocycles. The van der Waals surface area contributed by atoms with E-state index in [0.29, 0.717) is 5.75 Å². The summed E-state index contributed by atoms with van der Waals surface area (Å²) in [4.78, 5) is 3.97. The van der Waals surface area contributed by atoms with E-state index in [4.69, 9.17) is 0 Å². The molecule has 0 rings (SSSR count). The molecule has 0 radical (unpaired) electrons. The van der Waals surface area contributed by atoms with Crippen LogP contribution in [0.1, 0.15) is 13.3 Å². The zero-order chi connectivity index (χ0) is 8.69. The van der Waals surface area contributed by atoms with E-state index >= 15 is 0 Å². The van der Waals surface area contributed by atoms with Gasteiger partial charge in [-0.05, 0) is 6.42 Å². The smallest absolute Gasteiger partial charge is 0.156 e. The van der Waals surface area contributed by atoms with E-state index < -0.39 is 0 Å². The Morgan fingerprint density at radius 1 is 1.73 bits per heavy atom. The van der Waals surface area contributed by atoms with Crippen molar-refractivity contribution in [3.05, 3.63) is 0 Å². The van der Waals surface area contributed by atoms with Crippen LogP contribution in [0, 0.1) is 0 Å². The first kappa shape index (κ1) is 10.8. The van der Waals surface area contributed by atoms with Gasteiger partial charge in [-0.15, -0.1) is 0 Å². The molecule has 0 saturated heterocycles. The molecule has 0 aliphatic rings. The third-order valence-electron chi connectivity index (χ3n) is 1.30. The first-order valence-electron chi connectivity index (χ1n) is 3.70. The van der Waals surface area contributed by atoms with Crippen LogP contribution in [0.2, 0.25) is 0 Å². The molecule has 0 amide bonds. The van der Waals surface area contributed by atoms with Gasteiger partial charge in [-0.2, -0.15) is 0 Å². The van der Waals surface area contributed by atoms with Gasteiger partial charge in [0.05, 0.1) is 6.10 Å². The van der Waals surface area contributed by atoms with Crippen LogP contribution in [-0.2, 0) is 0 Å². The highest BCUT2D eigenvalue weighted by Crippen LogP contribution is 2.05. The Kier molecular flexibility index (Phi) is 6.36. The van der Waals surface area contributed by atoms with Crippen LogP contribution >= 0.6 is 11.8 Å². The van der Waals surface area contributed by atoms with Gasteiger partial charge in [0.15, 0.2) is 5.17 Å². The number of hydrogen-bond acceptors (Lipinski definition) is 3. The molecule has 3 nitrogen and oxygen atoms in total. The molecule has 1 atom stereocenters. The molecule has 0 heterocycles. The Hall–Kier alpha value is -0.220. The maximum absolute atomic E-state index is 9.19. The zero-order valence-corrected chi connectivity index (χ0v) is 8.11. The number of aliphatic hydroxyl groups is 1. The molecular weight excluding hydrogens is 160 g/mol. The van der Waals surface area contributed by atoms with E-state index in [2.05, 4.69) is 10.3 Å². The van der Waals surface area contributed by atoms with Gasteiger partial charge < -0.3 is 10.4 Å². The third-order valence-corrected chi connectivity index (χ3v) is 2.51. The number of hydrogen-bond donors (Lipinski definition) is 2. The minimum atomic E-state index is -0.218. The molecule has 0 aliphatic carbocycles. The number of nitrogens with zero attached hydrogens (tertiary/aromatic N) is 1. The fourth-order valence-corrected chi connectivity index (χ4v) is 1.40. The minimum Gasteiger partial charge on any atom is -0.392 e. The Morgan fingerprint density at radius 2 is 2.36 bits per heavy atom. The second-order valence-corrected chi connectivity index (χ2v) is 3.16. The van der Waals surface area contributed by atoms with Crippen molar-refractivity contribution in [1.29, 1.82) is 0 Å². The molecule has 0 aliphatic heterocycles. The number of aliphatic hydroxyl groups excluding tert-OH is 1. The average Bonchev–Trinajstić information content (AvgIpc) is 2.06. The van der Waals surface area contributed by atoms with Gasteiger partial charge in [-0.1, -0.05) is 18.7 Å². The number of amidine groups is 1. The van der Waals surface area contributed by atoms with Crippen molar-refractivity contribution in [3.63, 3.8) is 0 Å². The summed E-state index contributed by atoms with van der Waals surface area (Å²) in [5.74, 6) is 0.712. The van der Waals surface area contributed by atoms with Gasteiger partial charge in [0.2, 0.25) is 0 Å². The van der Waals surface area contributed by atoms with Crippen LogP contribution in [0.3, 0.4) is 0 Å². The highest BCUT2D eigenvalue weighted by Gasteiger charge is 2.02. The standard InChI is InChI=1S/C7H16N2OS/c1-4-6(10)5-11-7(8-2)9-3/h6,10H,4-5H2,1-3H3,(H,8,9). The van der Waals surface area contributed by atoms with E-state index in [1.54, 1.807) is 18.8 Å². The van der Waals surface area contributed by atoms with E-state index in [1.807, 2.05) is 14.0 Å². The third kappa shape index (κ3) is 5.09. The van der Waals surface area contributed by atoms with Gasteiger partial charge in [-0.3, -0.25) is 4.99 Å². The van der Waals surface area contributed by atoms with E-state index in [1.165, 1.54) is 0 Å². The highest BCUT2D eigenvalue weighted by atomic mass is 32.2. The van der Waals surface area contributed by atoms with Crippen LogP contribution in [0.4, 0.5) is 0 Å². The summed E-state index contributed by atoms with van der Waals surface area (Å²) in [5.41, 5.74) is 0. The SMILES string of the molecule is CCC(O)CSC(=NC)NC. The summed E-state index contributed by atoms with van der Waals surface area (Å²) in [5, 5.41) is 13.0. The topological polar surface area (TPSA) is 44.6 Å². The summed E-state index contributed by atoms with van der Waals surface area (Å²) in [6.07, 6.45) is 0.582. The lowest BCUT2D eigenvalue weighted by atomic mass is 10.3. The molecule has 2 N–H and O–H groups in total. The quantitative estimate of drug-likeness (QED) is 0.491. The van der Waals surface area contributed by atoms with Crippen molar-refractivity contribution >= 4 is 16.9 Å². The van der Waals surface area contributed by atoms with Crippen molar-refractivity contribution in [2.45, 2.75) is 19.4 Å². The summed E-state index contributed by atoms with van der Waals surface area (Å²) in [7, 11) is 3.56. The Labute approximate surface area is 72.3 Å². The first-order valence-corrected chi connectivity index (χ1v) is 4.68. The van der Waals surface area contributed by atoms with Gasteiger partial charge in [0.25, 0.3) is 0 Å². The molecule has 0 spiro atoms. The van der Waals surface area contributed by atoms with Crippen molar-refractivity contribution in [1.82, 2.24) is 5.32 Å². The average molecular weight is 176 g/mol. The predicted octanol–water partition coefficient (Wildman–Crippen LogP) is 0.696. The van der Waals surface area contributed by atoms with E-state index in [-0.39, 0.29) is 6.10 Å². The summed E-state index contributed by atoms with van der Waals surface area (Å²) < 4.78 is 0. The van der Waals surface area contributed by atoms with Crippen LogP contribution < -0.4 is 5.32 Å². The maximum Gasteiger partial charge on any atom is 0.156 e. The summed E-state index contributed by atoms with van der Waals surface area (Å²) in [6, 6.07) is 0. The molecule has 0 bridgehead atoms. The second-order valence-electron chi connectivity index (χ2n) is 2.15. The normalized spacial score (nSPS) is 14.7. The fraction of sp³-hybridized carbons (Fsp3) is 0.857. The van der Waals surface area contributed by atoms with Crippen LogP contribution in [0.15, 0.2) is 4.99 Å². The number of thioether (sulfide) groups is 1. The monoisotopic (exact) mass is 176 g/mol. The van der Waals surface area contributed by atoms with E-state index in [0.717, 1.165) is 11.6 Å². The molecule has 66 valence electrons. The van der Waals surface area contributed by atoms with Gasteiger partial charge in [0, 0.05) is 19.8 Å². The highest BCUT2D eigenvalue weighted by molar-refractivity contribution is 8.13. The molecule has 0 fully saturated rings. The lowest BCUT2D eigenvalue weighted by molar-refractivity contribution is 0.195. The number of aliphatic imine (C=N–C) groups is 1. The lowest BCUT2D eigenvalue weighted by Crippen LogP contribution is -2.18. The van der Waals surface area contributed by atoms with Crippen LogP contribution in [0.5, 0.6) is 0 Å². The Balaban J connectivity index is 3.51. The van der Waals surface area contributed by atoms with Crippen LogP contribution in [-0.4, -0.2) is 36.2 Å². The fourth-order valence-electron chi connectivity index (χ4n) is 0.542. The minimum absolute atomic E-state index is 0.218. The Bertz CT molecular complexity index is 128.